The first-order valence-electron chi connectivity index (χ1n) is 6.09. The number of carbonyl (C=O) groups is 1. The molecule has 20 heavy (non-hydrogen) atoms. The van der Waals surface area contributed by atoms with Crippen LogP contribution in [-0.2, 0) is 6.54 Å². The number of anilines is 1. The predicted octanol–water partition coefficient (Wildman–Crippen LogP) is 3.66. The van der Waals surface area contributed by atoms with Gasteiger partial charge < -0.3 is 4.90 Å². The van der Waals surface area contributed by atoms with Gasteiger partial charge in [-0.2, -0.15) is 5.26 Å². The van der Waals surface area contributed by atoms with Gasteiger partial charge in [-0.1, -0.05) is 29.8 Å². The van der Waals surface area contributed by atoms with Crippen LogP contribution in [0.3, 0.4) is 0 Å². The normalized spacial score (nSPS) is 9.85. The molecule has 0 bridgehead atoms. The van der Waals surface area contributed by atoms with Crippen molar-refractivity contribution >= 4 is 23.6 Å². The molecule has 0 aromatic heterocycles. The Morgan fingerprint density at radius 3 is 2.75 bits per heavy atom. The number of hydrogen-bond donors (Lipinski definition) is 0. The van der Waals surface area contributed by atoms with Crippen LogP contribution in [-0.4, -0.2) is 13.3 Å². The first-order chi connectivity index (χ1) is 9.65. The monoisotopic (exact) mass is 284 g/mol. The Balaban J connectivity index is 2.28. The third-order valence-corrected chi connectivity index (χ3v) is 3.36. The van der Waals surface area contributed by atoms with E-state index in [4.69, 9.17) is 16.9 Å². The van der Waals surface area contributed by atoms with Crippen molar-refractivity contribution in [3.05, 3.63) is 64.2 Å². The number of aldehydes is 1. The van der Waals surface area contributed by atoms with Gasteiger partial charge in [-0.3, -0.25) is 4.79 Å². The van der Waals surface area contributed by atoms with Gasteiger partial charge in [0.1, 0.15) is 0 Å². The first-order valence-corrected chi connectivity index (χ1v) is 6.47. The average Bonchev–Trinajstić information content (AvgIpc) is 2.47. The molecule has 0 aliphatic rings. The summed E-state index contributed by atoms with van der Waals surface area (Å²) in [7, 11) is 1.89. The van der Waals surface area contributed by atoms with Crippen LogP contribution in [0.25, 0.3) is 0 Å². The number of hydrogen-bond acceptors (Lipinski definition) is 3. The molecule has 2 aromatic carbocycles. The molecule has 0 radical (unpaired) electrons. The summed E-state index contributed by atoms with van der Waals surface area (Å²) in [6.07, 6.45) is 0.764. The van der Waals surface area contributed by atoms with Crippen molar-refractivity contribution in [2.75, 3.05) is 11.9 Å². The highest BCUT2D eigenvalue weighted by atomic mass is 35.5. The number of carbonyl (C=O) groups excluding carboxylic acids is 1. The summed E-state index contributed by atoms with van der Waals surface area (Å²) in [5.74, 6) is 0. The molecule has 0 aliphatic carbocycles. The molecule has 0 atom stereocenters. The Morgan fingerprint density at radius 1 is 1.30 bits per heavy atom. The maximum atomic E-state index is 11.2. The Bertz CT molecular complexity index is 676. The van der Waals surface area contributed by atoms with E-state index >= 15 is 0 Å². The van der Waals surface area contributed by atoms with E-state index < -0.39 is 0 Å². The second-order valence-corrected chi connectivity index (χ2v) is 4.87. The van der Waals surface area contributed by atoms with E-state index in [1.54, 1.807) is 12.1 Å². The fraction of sp³-hybridized carbons (Fsp3) is 0.125. The van der Waals surface area contributed by atoms with E-state index in [0.717, 1.165) is 17.5 Å². The van der Waals surface area contributed by atoms with E-state index in [-0.39, 0.29) is 0 Å². The van der Waals surface area contributed by atoms with Gasteiger partial charge in [0.15, 0.2) is 6.29 Å². The zero-order chi connectivity index (χ0) is 14.5. The highest BCUT2D eigenvalue weighted by Crippen LogP contribution is 2.26. The Hall–Kier alpha value is -2.31. The van der Waals surface area contributed by atoms with Gasteiger partial charge in [-0.05, 0) is 29.8 Å². The highest BCUT2D eigenvalue weighted by molar-refractivity contribution is 6.33. The van der Waals surface area contributed by atoms with Gasteiger partial charge >= 0.3 is 0 Å². The van der Waals surface area contributed by atoms with Gasteiger partial charge in [0.2, 0.25) is 0 Å². The quantitative estimate of drug-likeness (QED) is 0.805. The van der Waals surface area contributed by atoms with Crippen molar-refractivity contribution in [1.29, 1.82) is 5.26 Å². The lowest BCUT2D eigenvalue weighted by molar-refractivity contribution is 0.112. The molecular weight excluding hydrogens is 272 g/mol. The fourth-order valence-corrected chi connectivity index (χ4v) is 2.29. The van der Waals surface area contributed by atoms with Crippen molar-refractivity contribution in [2.24, 2.45) is 0 Å². The highest BCUT2D eigenvalue weighted by Gasteiger charge is 2.10. The van der Waals surface area contributed by atoms with Crippen molar-refractivity contribution < 1.29 is 4.79 Å². The lowest BCUT2D eigenvalue weighted by atomic mass is 10.1. The molecule has 0 amide bonds. The van der Waals surface area contributed by atoms with Gasteiger partial charge in [-0.15, -0.1) is 0 Å². The van der Waals surface area contributed by atoms with Crippen LogP contribution in [0.4, 0.5) is 5.69 Å². The molecule has 0 saturated heterocycles. The lowest BCUT2D eigenvalue weighted by Crippen LogP contribution is -2.18. The van der Waals surface area contributed by atoms with E-state index in [2.05, 4.69) is 6.07 Å². The number of rotatable bonds is 4. The van der Waals surface area contributed by atoms with Gasteiger partial charge in [0, 0.05) is 19.3 Å². The van der Waals surface area contributed by atoms with Crippen LogP contribution in [0, 0.1) is 11.3 Å². The van der Waals surface area contributed by atoms with Crippen LogP contribution >= 0.6 is 11.6 Å². The molecule has 0 heterocycles. The van der Waals surface area contributed by atoms with Gasteiger partial charge in [0.05, 0.1) is 22.2 Å². The van der Waals surface area contributed by atoms with E-state index in [1.165, 1.54) is 0 Å². The predicted molar refractivity (Wildman–Crippen MR) is 80.1 cm³/mol. The fourth-order valence-electron chi connectivity index (χ4n) is 2.07. The minimum Gasteiger partial charge on any atom is -0.370 e. The smallest absolute Gasteiger partial charge is 0.153 e. The topological polar surface area (TPSA) is 44.1 Å². The van der Waals surface area contributed by atoms with E-state index in [0.29, 0.717) is 22.7 Å². The molecule has 2 rings (SSSR count). The summed E-state index contributed by atoms with van der Waals surface area (Å²) >= 11 is 6.02. The maximum absolute atomic E-state index is 11.2. The molecule has 0 N–H and O–H groups in total. The summed E-state index contributed by atoms with van der Waals surface area (Å²) < 4.78 is 0. The summed E-state index contributed by atoms with van der Waals surface area (Å²) in [6, 6.07) is 14.9. The van der Waals surface area contributed by atoms with E-state index in [9.17, 15) is 4.79 Å². The molecule has 3 nitrogen and oxygen atoms in total. The summed E-state index contributed by atoms with van der Waals surface area (Å²) in [4.78, 5) is 13.1. The van der Waals surface area contributed by atoms with Gasteiger partial charge in [-0.25, -0.2) is 0 Å². The van der Waals surface area contributed by atoms with Crippen molar-refractivity contribution in [3.63, 3.8) is 0 Å². The zero-order valence-corrected chi connectivity index (χ0v) is 11.8. The Labute approximate surface area is 123 Å². The molecule has 2 aromatic rings. The Morgan fingerprint density at radius 2 is 2.05 bits per heavy atom. The second-order valence-electron chi connectivity index (χ2n) is 4.46. The standard InChI is InChI=1S/C16H13ClN2O/c1-19(10-13-5-2-4-12(8-13)9-18)16-7-3-6-15(17)14(16)11-20/h2-8,11H,10H2,1H3. The SMILES string of the molecule is CN(Cc1cccc(C#N)c1)c1cccc(Cl)c1C=O. The average molecular weight is 285 g/mol. The first kappa shape index (κ1) is 14.1. The molecule has 0 aliphatic heterocycles. The van der Waals surface area contributed by atoms with Crippen LogP contribution in [0.1, 0.15) is 21.5 Å². The summed E-state index contributed by atoms with van der Waals surface area (Å²) in [5.41, 5.74) is 2.88. The summed E-state index contributed by atoms with van der Waals surface area (Å²) in [5, 5.41) is 9.34. The third-order valence-electron chi connectivity index (χ3n) is 3.03. The lowest BCUT2D eigenvalue weighted by Gasteiger charge is -2.21. The Kier molecular flexibility index (Phi) is 4.39. The number of halogens is 1. The molecule has 0 fully saturated rings. The largest absolute Gasteiger partial charge is 0.370 e. The maximum Gasteiger partial charge on any atom is 0.153 e. The third kappa shape index (κ3) is 2.98. The molecule has 0 spiro atoms. The molecular formula is C16H13ClN2O. The van der Waals surface area contributed by atoms with Crippen molar-refractivity contribution in [1.82, 2.24) is 0 Å². The molecule has 0 saturated carbocycles. The van der Waals surface area contributed by atoms with Crippen LogP contribution in [0.5, 0.6) is 0 Å². The zero-order valence-electron chi connectivity index (χ0n) is 11.0. The number of benzene rings is 2. The van der Waals surface area contributed by atoms with Crippen LogP contribution < -0.4 is 4.90 Å². The molecule has 4 heteroatoms. The second kappa shape index (κ2) is 6.23. The van der Waals surface area contributed by atoms with Gasteiger partial charge in [0.25, 0.3) is 0 Å². The van der Waals surface area contributed by atoms with E-state index in [1.807, 2.05) is 42.3 Å². The number of nitrogens with zero attached hydrogens (tertiary/aromatic N) is 2. The molecule has 100 valence electrons. The molecule has 0 unspecified atom stereocenters. The van der Waals surface area contributed by atoms with Crippen LogP contribution in [0.15, 0.2) is 42.5 Å². The number of nitriles is 1. The van der Waals surface area contributed by atoms with Crippen LogP contribution in [0.2, 0.25) is 5.02 Å². The van der Waals surface area contributed by atoms with Crippen molar-refractivity contribution in [3.8, 4) is 6.07 Å². The summed E-state index contributed by atoms with van der Waals surface area (Å²) in [6.45, 7) is 0.594. The minimum atomic E-state index is 0.440. The minimum absolute atomic E-state index is 0.440. The van der Waals surface area contributed by atoms with Crippen molar-refractivity contribution in [2.45, 2.75) is 6.54 Å².